The molecule has 1 aromatic carbocycles. The molecule has 0 N–H and O–H groups in total. The fourth-order valence-corrected chi connectivity index (χ4v) is 3.30. The molecule has 0 radical (unpaired) electrons. The first-order valence-electron chi connectivity index (χ1n) is 9.10. The van der Waals surface area contributed by atoms with Crippen molar-refractivity contribution in [3.63, 3.8) is 0 Å². The lowest BCUT2D eigenvalue weighted by molar-refractivity contribution is -0.279. The molecule has 0 aliphatic carbocycles. The molecule has 144 valence electrons. The van der Waals surface area contributed by atoms with Crippen molar-refractivity contribution >= 4 is 11.6 Å². The van der Waals surface area contributed by atoms with Crippen LogP contribution in [0.1, 0.15) is 38.2 Å². The van der Waals surface area contributed by atoms with Crippen LogP contribution in [0.3, 0.4) is 0 Å². The van der Waals surface area contributed by atoms with Crippen LogP contribution < -0.4 is 10.8 Å². The number of unbranched alkanes of at least 4 members (excludes halogenated alkanes) is 2. The van der Waals surface area contributed by atoms with Gasteiger partial charge in [0, 0.05) is 13.1 Å². The number of aromatic nitrogens is 4. The van der Waals surface area contributed by atoms with Crippen molar-refractivity contribution in [2.75, 3.05) is 0 Å². The van der Waals surface area contributed by atoms with Gasteiger partial charge in [-0.3, -0.25) is 4.57 Å². The van der Waals surface area contributed by atoms with E-state index in [0.717, 1.165) is 23.8 Å². The third kappa shape index (κ3) is 4.13. The Morgan fingerprint density at radius 2 is 1.85 bits per heavy atom. The first-order valence-corrected chi connectivity index (χ1v) is 9.47. The molecule has 2 heterocycles. The normalized spacial score (nSPS) is 11.4. The summed E-state index contributed by atoms with van der Waals surface area (Å²) in [5.74, 6) is -0.558. The summed E-state index contributed by atoms with van der Waals surface area (Å²) in [6.45, 7) is 2.70. The Balaban J connectivity index is 1.88. The molecule has 0 aromatic heterocycles. The molecule has 27 heavy (non-hydrogen) atoms. The van der Waals surface area contributed by atoms with E-state index in [1.54, 1.807) is 18.2 Å². The maximum Gasteiger partial charge on any atom is 0.329 e. The number of nitrogens with zero attached hydrogens (tertiary/aromatic N) is 4. The third-order valence-electron chi connectivity index (χ3n) is 4.55. The van der Waals surface area contributed by atoms with Gasteiger partial charge in [0.15, 0.2) is 5.82 Å². The van der Waals surface area contributed by atoms with Crippen molar-refractivity contribution in [1.82, 2.24) is 19.1 Å². The molecule has 0 spiro atoms. The van der Waals surface area contributed by atoms with E-state index in [1.165, 1.54) is 10.6 Å². The average Bonchev–Trinajstić information content (AvgIpc) is 3.04. The quantitative estimate of drug-likeness (QED) is 0.436. The zero-order chi connectivity index (χ0) is 19.4. The highest BCUT2D eigenvalue weighted by Crippen LogP contribution is 2.27. The van der Waals surface area contributed by atoms with Gasteiger partial charge in [-0.05, 0) is 48.4 Å². The Hall–Kier alpha value is -2.41. The largest absolute Gasteiger partial charge is 0.858 e. The van der Waals surface area contributed by atoms with Crippen molar-refractivity contribution in [2.45, 2.75) is 52.1 Å². The highest BCUT2D eigenvalue weighted by atomic mass is 35.5. The molecule has 0 saturated heterocycles. The standard InChI is InChI=1S/C19H22ClFN4O2/c1-2-3-6-11-24-16-15(22-18(20)23-16)17(26)25(19(24)27)12-7-9-13-8-4-5-10-14(13)21/h4-5,8,10,26H,2-3,6-7,9,11-12H2,1H3/p-1. The van der Waals surface area contributed by atoms with Gasteiger partial charge in [0.2, 0.25) is 5.28 Å². The van der Waals surface area contributed by atoms with Crippen LogP contribution in [0.15, 0.2) is 29.1 Å². The van der Waals surface area contributed by atoms with Gasteiger partial charge in [0.25, 0.3) is 0 Å². The van der Waals surface area contributed by atoms with Crippen LogP contribution in [0, 0.1) is 5.82 Å². The third-order valence-corrected chi connectivity index (χ3v) is 4.72. The lowest BCUT2D eigenvalue weighted by atomic mass is 10.1. The maximum absolute atomic E-state index is 13.8. The first kappa shape index (κ1) is 19.4. The van der Waals surface area contributed by atoms with Crippen LogP contribution in [0.25, 0.3) is 11.5 Å². The zero-order valence-corrected chi connectivity index (χ0v) is 15.9. The van der Waals surface area contributed by atoms with Crippen molar-refractivity contribution in [3.05, 3.63) is 51.4 Å². The van der Waals surface area contributed by atoms with Gasteiger partial charge in [-0.15, -0.1) is 0 Å². The molecular weight excluding hydrogens is 371 g/mol. The van der Waals surface area contributed by atoms with Crippen LogP contribution in [0.5, 0.6) is 5.88 Å². The number of hydrogen-bond donors (Lipinski definition) is 0. The minimum atomic E-state index is -0.505. The number of benzene rings is 1. The molecule has 0 saturated carbocycles. The number of hydrogen-bond acceptors (Lipinski definition) is 4. The van der Waals surface area contributed by atoms with Gasteiger partial charge < -0.3 is 9.67 Å². The van der Waals surface area contributed by atoms with Crippen LogP contribution >= 0.6 is 11.6 Å². The Bertz CT molecular complexity index is 953. The maximum atomic E-state index is 13.8. The predicted molar refractivity (Wildman–Crippen MR) is 99.6 cm³/mol. The van der Waals surface area contributed by atoms with E-state index in [0.29, 0.717) is 24.9 Å². The van der Waals surface area contributed by atoms with E-state index in [2.05, 4.69) is 16.9 Å². The highest BCUT2D eigenvalue weighted by molar-refractivity contribution is 6.28. The van der Waals surface area contributed by atoms with Crippen molar-refractivity contribution in [1.29, 1.82) is 0 Å². The number of imidazole rings is 1. The molecule has 3 rings (SSSR count). The van der Waals surface area contributed by atoms with E-state index in [4.69, 9.17) is 11.6 Å². The molecule has 0 unspecified atom stereocenters. The second-order valence-corrected chi connectivity index (χ2v) is 6.80. The summed E-state index contributed by atoms with van der Waals surface area (Å²) >= 11 is 5.87. The zero-order valence-electron chi connectivity index (χ0n) is 15.1. The molecular formula is C19H21ClFN4O2-. The van der Waals surface area contributed by atoms with Gasteiger partial charge in [-0.1, -0.05) is 38.0 Å². The molecule has 0 amide bonds. The number of halogens is 2. The van der Waals surface area contributed by atoms with E-state index >= 15 is 0 Å². The second-order valence-electron chi connectivity index (χ2n) is 6.46. The molecule has 2 aliphatic heterocycles. The summed E-state index contributed by atoms with van der Waals surface area (Å²) in [6.07, 6.45) is 3.65. The summed E-state index contributed by atoms with van der Waals surface area (Å²) in [7, 11) is 0. The summed E-state index contributed by atoms with van der Waals surface area (Å²) < 4.78 is 16.4. The van der Waals surface area contributed by atoms with Gasteiger partial charge in [0.05, 0.1) is 0 Å². The Kier molecular flexibility index (Phi) is 6.11. The van der Waals surface area contributed by atoms with E-state index in [-0.39, 0.29) is 29.2 Å². The number of rotatable bonds is 8. The van der Waals surface area contributed by atoms with Crippen LogP contribution in [0.2, 0.25) is 5.28 Å². The summed E-state index contributed by atoms with van der Waals surface area (Å²) in [6, 6.07) is 6.49. The molecule has 0 bridgehead atoms. The number of fused-ring (bicyclic) bond motifs is 1. The smallest absolute Gasteiger partial charge is 0.329 e. The molecule has 0 fully saturated rings. The minimum Gasteiger partial charge on any atom is -0.858 e. The molecule has 8 heteroatoms. The molecule has 0 atom stereocenters. The molecule has 2 aliphatic rings. The molecule has 6 nitrogen and oxygen atoms in total. The topological polar surface area (TPSA) is 75.8 Å². The summed E-state index contributed by atoms with van der Waals surface area (Å²) in [5, 5.41) is 12.6. The van der Waals surface area contributed by atoms with Gasteiger partial charge in [-0.2, -0.15) is 4.98 Å². The van der Waals surface area contributed by atoms with Crippen LogP contribution in [0.4, 0.5) is 4.39 Å². The number of aryl methyl sites for hydroxylation is 1. The average molecular weight is 392 g/mol. The molecule has 1 aromatic rings. The van der Waals surface area contributed by atoms with Gasteiger partial charge in [-0.25, -0.2) is 14.2 Å². The second kappa shape index (κ2) is 8.52. The van der Waals surface area contributed by atoms with Gasteiger partial charge >= 0.3 is 5.69 Å². The summed E-state index contributed by atoms with van der Waals surface area (Å²) in [5.41, 5.74) is 0.238. The monoisotopic (exact) mass is 391 g/mol. The van der Waals surface area contributed by atoms with E-state index in [9.17, 15) is 14.3 Å². The fourth-order valence-electron chi connectivity index (χ4n) is 3.14. The summed E-state index contributed by atoms with van der Waals surface area (Å²) in [4.78, 5) is 20.9. The Morgan fingerprint density at radius 1 is 1.11 bits per heavy atom. The lowest BCUT2D eigenvalue weighted by Gasteiger charge is -2.22. The fraction of sp³-hybridized carbons (Fsp3) is 0.421. The SMILES string of the molecule is CCCCCn1c2nc(Cl)nc-2c([O-])n(CCCc2ccccc2F)c1=O. The van der Waals surface area contributed by atoms with E-state index in [1.807, 2.05) is 0 Å². The predicted octanol–water partition coefficient (Wildman–Crippen LogP) is 3.23. The van der Waals surface area contributed by atoms with Crippen LogP contribution in [-0.4, -0.2) is 19.1 Å². The Labute approximate surface area is 161 Å². The van der Waals surface area contributed by atoms with Crippen molar-refractivity contribution in [2.24, 2.45) is 0 Å². The van der Waals surface area contributed by atoms with Gasteiger partial charge in [0.1, 0.15) is 11.5 Å². The van der Waals surface area contributed by atoms with Crippen molar-refractivity contribution < 1.29 is 9.50 Å². The lowest BCUT2D eigenvalue weighted by Crippen LogP contribution is -2.35. The van der Waals surface area contributed by atoms with E-state index < -0.39 is 11.6 Å². The first-order chi connectivity index (χ1) is 13.0. The van der Waals surface area contributed by atoms with Crippen molar-refractivity contribution in [3.8, 4) is 17.4 Å². The minimum absolute atomic E-state index is 0.0464. The van der Waals surface area contributed by atoms with Crippen LogP contribution in [-0.2, 0) is 19.5 Å². The Morgan fingerprint density at radius 3 is 2.59 bits per heavy atom. The highest BCUT2D eigenvalue weighted by Gasteiger charge is 2.20.